The molecule has 160 valence electrons. The summed E-state index contributed by atoms with van der Waals surface area (Å²) in [4.78, 5) is 19.8. The maximum atomic E-state index is 13.2. The Balaban J connectivity index is 1.98. The maximum Gasteiger partial charge on any atom is 0.182 e. The van der Waals surface area contributed by atoms with Crippen LogP contribution in [0.5, 0.6) is 23.0 Å². The lowest BCUT2D eigenvalue weighted by Crippen LogP contribution is -2.36. The first kappa shape index (κ1) is 21.8. The summed E-state index contributed by atoms with van der Waals surface area (Å²) in [6.45, 7) is 0.834. The van der Waals surface area contributed by atoms with E-state index in [2.05, 4.69) is 4.99 Å². The van der Waals surface area contributed by atoms with Crippen molar-refractivity contribution in [1.29, 1.82) is 0 Å². The van der Waals surface area contributed by atoms with Crippen molar-refractivity contribution in [1.82, 2.24) is 0 Å². The van der Waals surface area contributed by atoms with Crippen LogP contribution in [-0.2, 0) is 0 Å². The quantitative estimate of drug-likeness (QED) is 0.588. The fourth-order valence-corrected chi connectivity index (χ4v) is 4.08. The number of rotatable bonds is 8. The van der Waals surface area contributed by atoms with Crippen molar-refractivity contribution in [2.75, 3.05) is 52.2 Å². The highest BCUT2D eigenvalue weighted by atomic mass is 32.2. The van der Waals surface area contributed by atoms with Crippen molar-refractivity contribution in [3.8, 4) is 23.0 Å². The highest BCUT2D eigenvalue weighted by Crippen LogP contribution is 2.35. The molecule has 2 aromatic rings. The van der Waals surface area contributed by atoms with Crippen molar-refractivity contribution in [2.24, 2.45) is 4.99 Å². The lowest BCUT2D eigenvalue weighted by Gasteiger charge is -2.28. The Bertz CT molecular complexity index is 932. The van der Waals surface area contributed by atoms with Gasteiger partial charge in [0.05, 0.1) is 40.7 Å². The minimum absolute atomic E-state index is 0.0744. The Morgan fingerprint density at radius 3 is 2.33 bits per heavy atom. The number of carbonyl (C=O) groups excluding carboxylic acids is 1. The first-order valence-corrected chi connectivity index (χ1v) is 10.5. The lowest BCUT2D eigenvalue weighted by atomic mass is 10.1. The molecule has 0 aliphatic carbocycles. The second-order valence-electron chi connectivity index (χ2n) is 6.48. The number of carbonyl (C=O) groups is 1. The molecule has 7 nitrogen and oxygen atoms in total. The number of hydrogen-bond acceptors (Lipinski definition) is 8. The van der Waals surface area contributed by atoms with Gasteiger partial charge < -0.3 is 23.8 Å². The minimum Gasteiger partial charge on any atom is -0.497 e. The second kappa shape index (κ2) is 10.2. The van der Waals surface area contributed by atoms with Crippen LogP contribution in [0.25, 0.3) is 0 Å². The number of amidine groups is 1. The van der Waals surface area contributed by atoms with E-state index >= 15 is 0 Å². The summed E-state index contributed by atoms with van der Waals surface area (Å²) in [5.74, 6) is 3.28. The Morgan fingerprint density at radius 1 is 0.967 bits per heavy atom. The summed E-state index contributed by atoms with van der Waals surface area (Å²) in [5.41, 5.74) is 1.26. The van der Waals surface area contributed by atoms with Crippen LogP contribution >= 0.6 is 11.8 Å². The third kappa shape index (κ3) is 4.81. The van der Waals surface area contributed by atoms with Crippen LogP contribution in [0.1, 0.15) is 16.8 Å². The molecule has 0 amide bonds. The molecule has 30 heavy (non-hydrogen) atoms. The molecule has 8 heteroatoms. The zero-order valence-corrected chi connectivity index (χ0v) is 18.5. The molecule has 0 unspecified atom stereocenters. The number of methoxy groups -OCH3 is 4. The van der Waals surface area contributed by atoms with E-state index in [0.717, 1.165) is 29.6 Å². The number of ketones is 1. The minimum atomic E-state index is -0.0744. The van der Waals surface area contributed by atoms with E-state index in [1.807, 2.05) is 23.1 Å². The number of thioether (sulfide) groups is 1. The first-order valence-electron chi connectivity index (χ1n) is 9.53. The molecule has 1 aliphatic heterocycles. The lowest BCUT2D eigenvalue weighted by molar-refractivity contribution is 0.100. The summed E-state index contributed by atoms with van der Waals surface area (Å²) in [6, 6.07) is 10.7. The van der Waals surface area contributed by atoms with Crippen molar-refractivity contribution < 1.29 is 23.7 Å². The number of benzene rings is 2. The van der Waals surface area contributed by atoms with Crippen molar-refractivity contribution >= 4 is 28.4 Å². The molecular weight excluding hydrogens is 404 g/mol. The van der Waals surface area contributed by atoms with Gasteiger partial charge in [-0.1, -0.05) is 11.8 Å². The standard InChI is InChI=1S/C22H26N2O5S/c1-26-16-7-9-19(27-2)17(13-16)24(22-23-10-5-11-30-22)14-18(25)15-6-8-20(28-3)21(12-15)29-4/h6-9,12-13H,5,10-11,14H2,1-4H3. The van der Waals surface area contributed by atoms with E-state index in [1.54, 1.807) is 58.4 Å². The predicted octanol–water partition coefficient (Wildman–Crippen LogP) is 3.90. The summed E-state index contributed by atoms with van der Waals surface area (Å²) in [7, 11) is 6.33. The van der Waals surface area contributed by atoms with E-state index in [4.69, 9.17) is 18.9 Å². The Morgan fingerprint density at radius 2 is 1.70 bits per heavy atom. The fourth-order valence-electron chi connectivity index (χ4n) is 3.12. The highest BCUT2D eigenvalue weighted by Gasteiger charge is 2.24. The molecule has 0 atom stereocenters. The summed E-state index contributed by atoms with van der Waals surface area (Å²) < 4.78 is 21.6. The molecule has 1 aliphatic rings. The summed E-state index contributed by atoms with van der Waals surface area (Å²) in [6.07, 6.45) is 1.01. The highest BCUT2D eigenvalue weighted by molar-refractivity contribution is 8.14. The van der Waals surface area contributed by atoms with Gasteiger partial charge in [0.2, 0.25) is 0 Å². The first-order chi connectivity index (χ1) is 14.6. The van der Waals surface area contributed by atoms with Gasteiger partial charge in [0.15, 0.2) is 22.4 Å². The topological polar surface area (TPSA) is 69.6 Å². The fraction of sp³-hybridized carbons (Fsp3) is 0.364. The molecule has 0 saturated heterocycles. The van der Waals surface area contributed by atoms with Gasteiger partial charge in [-0.2, -0.15) is 0 Å². The van der Waals surface area contributed by atoms with E-state index in [-0.39, 0.29) is 12.3 Å². The molecule has 0 N–H and O–H groups in total. The third-order valence-electron chi connectivity index (χ3n) is 4.70. The molecule has 0 spiro atoms. The van der Waals surface area contributed by atoms with Crippen molar-refractivity contribution in [3.63, 3.8) is 0 Å². The van der Waals surface area contributed by atoms with E-state index in [1.165, 1.54) is 0 Å². The monoisotopic (exact) mass is 430 g/mol. The molecule has 0 aromatic heterocycles. The summed E-state index contributed by atoms with van der Waals surface area (Å²) in [5, 5.41) is 0.793. The molecule has 0 fully saturated rings. The molecule has 3 rings (SSSR count). The number of ether oxygens (including phenoxy) is 4. The van der Waals surface area contributed by atoms with Crippen LogP contribution < -0.4 is 23.8 Å². The zero-order chi connectivity index (χ0) is 21.5. The van der Waals surface area contributed by atoms with Crippen LogP contribution in [-0.4, -0.2) is 58.2 Å². The van der Waals surface area contributed by atoms with Gasteiger partial charge in [-0.15, -0.1) is 0 Å². The number of nitrogens with zero attached hydrogens (tertiary/aromatic N) is 2. The SMILES string of the molecule is COc1ccc(OC)c(N(CC(=O)c2ccc(OC)c(OC)c2)C2=NCCCS2)c1. The summed E-state index contributed by atoms with van der Waals surface area (Å²) >= 11 is 1.63. The zero-order valence-electron chi connectivity index (χ0n) is 17.6. The molecule has 0 bridgehead atoms. The number of Topliss-reactive ketones (excluding diaryl/α,β-unsaturated/α-hetero) is 1. The number of aliphatic imine (C=N–C) groups is 1. The van der Waals surface area contributed by atoms with Crippen LogP contribution in [0.4, 0.5) is 5.69 Å². The Hall–Kier alpha value is -2.87. The molecular formula is C22H26N2O5S. The maximum absolute atomic E-state index is 13.2. The van der Waals surface area contributed by atoms with Crippen LogP contribution in [0.15, 0.2) is 41.4 Å². The van der Waals surface area contributed by atoms with Gasteiger partial charge in [0.1, 0.15) is 11.5 Å². The van der Waals surface area contributed by atoms with E-state index < -0.39 is 0 Å². The van der Waals surface area contributed by atoms with Gasteiger partial charge in [-0.25, -0.2) is 0 Å². The van der Waals surface area contributed by atoms with Crippen LogP contribution in [0.3, 0.4) is 0 Å². The molecule has 2 aromatic carbocycles. The molecule has 0 radical (unpaired) electrons. The predicted molar refractivity (Wildman–Crippen MR) is 120 cm³/mol. The van der Waals surface area contributed by atoms with Crippen LogP contribution in [0.2, 0.25) is 0 Å². The van der Waals surface area contributed by atoms with Crippen molar-refractivity contribution in [3.05, 3.63) is 42.0 Å². The van der Waals surface area contributed by atoms with E-state index in [0.29, 0.717) is 28.6 Å². The number of hydrogen-bond donors (Lipinski definition) is 0. The average molecular weight is 431 g/mol. The average Bonchev–Trinajstić information content (AvgIpc) is 2.81. The van der Waals surface area contributed by atoms with Gasteiger partial charge in [0, 0.05) is 23.9 Å². The van der Waals surface area contributed by atoms with Gasteiger partial charge in [-0.05, 0) is 36.8 Å². The Labute approximate surface area is 181 Å². The largest absolute Gasteiger partial charge is 0.497 e. The van der Waals surface area contributed by atoms with Gasteiger partial charge in [0.25, 0.3) is 0 Å². The third-order valence-corrected chi connectivity index (χ3v) is 5.80. The second-order valence-corrected chi connectivity index (χ2v) is 7.55. The van der Waals surface area contributed by atoms with E-state index in [9.17, 15) is 4.79 Å². The van der Waals surface area contributed by atoms with Crippen LogP contribution in [0, 0.1) is 0 Å². The normalized spacial score (nSPS) is 13.3. The molecule has 1 heterocycles. The number of anilines is 1. The van der Waals surface area contributed by atoms with Crippen molar-refractivity contribution in [2.45, 2.75) is 6.42 Å². The van der Waals surface area contributed by atoms with Gasteiger partial charge >= 0.3 is 0 Å². The Kier molecular flexibility index (Phi) is 7.46. The smallest absolute Gasteiger partial charge is 0.182 e. The van der Waals surface area contributed by atoms with Gasteiger partial charge in [-0.3, -0.25) is 9.79 Å². The molecule has 0 saturated carbocycles.